The largest absolute Gasteiger partial charge is 0.377 e. The molecule has 0 unspecified atom stereocenters. The fraction of sp³-hybridized carbons (Fsp3) is 0.583. The van der Waals surface area contributed by atoms with Crippen LogP contribution in [-0.2, 0) is 16.1 Å². The van der Waals surface area contributed by atoms with Gasteiger partial charge in [-0.05, 0) is 6.92 Å². The number of likely N-dealkylation sites (N-methyl/N-ethyl adjacent to an activating group) is 1. The summed E-state index contributed by atoms with van der Waals surface area (Å²) >= 11 is 0. The van der Waals surface area contributed by atoms with Crippen LogP contribution in [0.5, 0.6) is 0 Å². The first-order valence-electron chi connectivity index (χ1n) is 6.13. The standard InChI is InChI=1S/C12H21N5O2/c1-5-17(3)12(18)7-14-10-6-9(13-2)15-11(16-10)8-19-4/h6H,5,7-8H2,1-4H3,(H2,13,14,15,16). The Morgan fingerprint density at radius 3 is 2.68 bits per heavy atom. The van der Waals surface area contributed by atoms with Crippen molar-refractivity contribution in [2.75, 3.05) is 44.9 Å². The fourth-order valence-electron chi connectivity index (χ4n) is 1.39. The highest BCUT2D eigenvalue weighted by molar-refractivity contribution is 5.80. The fourth-order valence-corrected chi connectivity index (χ4v) is 1.39. The Morgan fingerprint density at radius 2 is 2.11 bits per heavy atom. The van der Waals surface area contributed by atoms with E-state index in [2.05, 4.69) is 20.6 Å². The van der Waals surface area contributed by atoms with Crippen molar-refractivity contribution in [2.45, 2.75) is 13.5 Å². The minimum atomic E-state index is 0.0143. The van der Waals surface area contributed by atoms with E-state index in [1.54, 1.807) is 32.2 Å². The molecule has 19 heavy (non-hydrogen) atoms. The van der Waals surface area contributed by atoms with Gasteiger partial charge in [-0.2, -0.15) is 0 Å². The van der Waals surface area contributed by atoms with Gasteiger partial charge in [-0.1, -0.05) is 0 Å². The quantitative estimate of drug-likeness (QED) is 0.751. The van der Waals surface area contributed by atoms with Crippen molar-refractivity contribution in [3.05, 3.63) is 11.9 Å². The van der Waals surface area contributed by atoms with Crippen LogP contribution in [-0.4, -0.2) is 55.1 Å². The van der Waals surface area contributed by atoms with Gasteiger partial charge in [-0.15, -0.1) is 0 Å². The number of aromatic nitrogens is 2. The third kappa shape index (κ3) is 4.70. The number of anilines is 2. The molecule has 1 rings (SSSR count). The summed E-state index contributed by atoms with van der Waals surface area (Å²) in [5, 5.41) is 5.94. The summed E-state index contributed by atoms with van der Waals surface area (Å²) in [6.07, 6.45) is 0. The highest BCUT2D eigenvalue weighted by Gasteiger charge is 2.08. The first-order chi connectivity index (χ1) is 9.10. The molecular formula is C12H21N5O2. The number of nitrogens with one attached hydrogen (secondary N) is 2. The first kappa shape index (κ1) is 15.2. The molecule has 0 aliphatic rings. The van der Waals surface area contributed by atoms with Crippen molar-refractivity contribution in [2.24, 2.45) is 0 Å². The molecule has 0 atom stereocenters. The van der Waals surface area contributed by atoms with Crippen LogP contribution in [0.3, 0.4) is 0 Å². The van der Waals surface area contributed by atoms with Crippen LogP contribution in [0.4, 0.5) is 11.6 Å². The average Bonchev–Trinajstić information content (AvgIpc) is 2.43. The minimum absolute atomic E-state index is 0.0143. The predicted octanol–water partition coefficient (Wildman–Crippen LogP) is 0.555. The molecule has 7 nitrogen and oxygen atoms in total. The number of ether oxygens (including phenoxy) is 1. The summed E-state index contributed by atoms with van der Waals surface area (Å²) in [7, 11) is 5.13. The van der Waals surface area contributed by atoms with Gasteiger partial charge in [0.15, 0.2) is 5.82 Å². The topological polar surface area (TPSA) is 79.4 Å². The lowest BCUT2D eigenvalue weighted by molar-refractivity contribution is -0.127. The summed E-state index contributed by atoms with van der Waals surface area (Å²) < 4.78 is 5.01. The lowest BCUT2D eigenvalue weighted by Gasteiger charge is -2.15. The first-order valence-corrected chi connectivity index (χ1v) is 6.13. The van der Waals surface area contributed by atoms with Gasteiger partial charge >= 0.3 is 0 Å². The van der Waals surface area contributed by atoms with Crippen molar-refractivity contribution in [3.63, 3.8) is 0 Å². The summed E-state index contributed by atoms with van der Waals surface area (Å²) in [6, 6.07) is 1.75. The Bertz CT molecular complexity index is 425. The summed E-state index contributed by atoms with van der Waals surface area (Å²) in [4.78, 5) is 21.8. The molecule has 1 amide bonds. The van der Waals surface area contributed by atoms with Crippen molar-refractivity contribution in [1.82, 2.24) is 14.9 Å². The SMILES string of the molecule is CCN(C)C(=O)CNc1cc(NC)nc(COC)n1. The maximum Gasteiger partial charge on any atom is 0.241 e. The van der Waals surface area contributed by atoms with Crippen LogP contribution in [0, 0.1) is 0 Å². The number of hydrogen-bond acceptors (Lipinski definition) is 6. The molecule has 0 aromatic carbocycles. The third-order valence-electron chi connectivity index (χ3n) is 2.62. The summed E-state index contributed by atoms with van der Waals surface area (Å²) in [5.74, 6) is 1.86. The number of methoxy groups -OCH3 is 1. The summed E-state index contributed by atoms with van der Waals surface area (Å²) in [5.41, 5.74) is 0. The smallest absolute Gasteiger partial charge is 0.241 e. The van der Waals surface area contributed by atoms with Crippen LogP contribution in [0.15, 0.2) is 6.07 Å². The van der Waals surface area contributed by atoms with E-state index in [9.17, 15) is 4.79 Å². The molecule has 0 saturated heterocycles. The van der Waals surface area contributed by atoms with Crippen LogP contribution in [0.25, 0.3) is 0 Å². The molecule has 2 N–H and O–H groups in total. The zero-order valence-corrected chi connectivity index (χ0v) is 11.9. The molecule has 0 bridgehead atoms. The molecule has 0 aliphatic heterocycles. The second-order valence-electron chi connectivity index (χ2n) is 4.00. The Labute approximate surface area is 113 Å². The van der Waals surface area contributed by atoms with Crippen molar-refractivity contribution < 1.29 is 9.53 Å². The second kappa shape index (κ2) is 7.52. The van der Waals surface area contributed by atoms with Gasteiger partial charge in [-0.3, -0.25) is 4.79 Å². The Hall–Kier alpha value is -1.89. The number of carbonyl (C=O) groups is 1. The normalized spacial score (nSPS) is 10.1. The van der Waals surface area contributed by atoms with Crippen molar-refractivity contribution in [3.8, 4) is 0 Å². The monoisotopic (exact) mass is 267 g/mol. The molecular weight excluding hydrogens is 246 g/mol. The van der Waals surface area contributed by atoms with Crippen LogP contribution in [0.2, 0.25) is 0 Å². The van der Waals surface area contributed by atoms with E-state index >= 15 is 0 Å². The second-order valence-corrected chi connectivity index (χ2v) is 4.00. The van der Waals surface area contributed by atoms with E-state index in [1.807, 2.05) is 6.92 Å². The van der Waals surface area contributed by atoms with Crippen LogP contribution >= 0.6 is 0 Å². The highest BCUT2D eigenvalue weighted by atomic mass is 16.5. The molecule has 0 aliphatic carbocycles. The molecule has 1 aromatic rings. The van der Waals surface area contributed by atoms with Gasteiger partial charge in [0, 0.05) is 33.8 Å². The van der Waals surface area contributed by atoms with E-state index in [1.165, 1.54) is 0 Å². The molecule has 0 spiro atoms. The maximum absolute atomic E-state index is 11.7. The molecule has 7 heteroatoms. The average molecular weight is 267 g/mol. The molecule has 0 fully saturated rings. The molecule has 106 valence electrons. The van der Waals surface area contributed by atoms with Gasteiger partial charge in [0.05, 0.1) is 6.54 Å². The highest BCUT2D eigenvalue weighted by Crippen LogP contribution is 2.11. The number of amides is 1. The molecule has 1 heterocycles. The molecule has 0 radical (unpaired) electrons. The van der Waals surface area contributed by atoms with Crippen molar-refractivity contribution in [1.29, 1.82) is 0 Å². The van der Waals surface area contributed by atoms with Crippen molar-refractivity contribution >= 4 is 17.5 Å². The lowest BCUT2D eigenvalue weighted by atomic mass is 10.4. The predicted molar refractivity (Wildman–Crippen MR) is 74.1 cm³/mol. The van der Waals surface area contributed by atoms with E-state index < -0.39 is 0 Å². The van der Waals surface area contributed by atoms with Gasteiger partial charge in [-0.25, -0.2) is 9.97 Å². The van der Waals surface area contributed by atoms with E-state index in [0.29, 0.717) is 30.6 Å². The molecule has 0 saturated carbocycles. The Balaban J connectivity index is 2.71. The van der Waals surface area contributed by atoms with Gasteiger partial charge in [0.1, 0.15) is 18.2 Å². The number of rotatable bonds is 7. The Kier molecular flexibility index (Phi) is 6.01. The lowest BCUT2D eigenvalue weighted by Crippen LogP contribution is -2.32. The van der Waals surface area contributed by atoms with Crippen LogP contribution < -0.4 is 10.6 Å². The zero-order valence-electron chi connectivity index (χ0n) is 11.9. The van der Waals surface area contributed by atoms with Crippen LogP contribution in [0.1, 0.15) is 12.7 Å². The number of hydrogen-bond donors (Lipinski definition) is 2. The number of carbonyl (C=O) groups excluding carboxylic acids is 1. The zero-order chi connectivity index (χ0) is 14.3. The molecule has 1 aromatic heterocycles. The van der Waals surface area contributed by atoms with Gasteiger partial charge in [0.25, 0.3) is 0 Å². The maximum atomic E-state index is 11.7. The van der Waals surface area contributed by atoms with E-state index in [4.69, 9.17) is 4.74 Å². The number of nitrogens with zero attached hydrogens (tertiary/aromatic N) is 3. The minimum Gasteiger partial charge on any atom is -0.377 e. The van der Waals surface area contributed by atoms with E-state index in [0.717, 1.165) is 0 Å². The van der Waals surface area contributed by atoms with Gasteiger partial charge in [0.2, 0.25) is 5.91 Å². The third-order valence-corrected chi connectivity index (χ3v) is 2.62. The summed E-state index contributed by atoms with van der Waals surface area (Å²) in [6.45, 7) is 3.14. The van der Waals surface area contributed by atoms with E-state index in [-0.39, 0.29) is 12.5 Å². The van der Waals surface area contributed by atoms with Gasteiger partial charge < -0.3 is 20.3 Å². The Morgan fingerprint density at radius 1 is 1.42 bits per heavy atom.